The highest BCUT2D eigenvalue weighted by Gasteiger charge is 2.43. The fraction of sp³-hybridized carbons (Fsp3) is 0.500. The highest BCUT2D eigenvalue weighted by molar-refractivity contribution is 5.82. The van der Waals surface area contributed by atoms with Gasteiger partial charge in [-0.05, 0) is 68.9 Å². The summed E-state index contributed by atoms with van der Waals surface area (Å²) in [5.41, 5.74) is 1.67. The molecule has 0 radical (unpaired) electrons. The van der Waals surface area contributed by atoms with Gasteiger partial charge in [-0.25, -0.2) is 9.18 Å². The lowest BCUT2D eigenvalue weighted by molar-refractivity contribution is -0.153. The Morgan fingerprint density at radius 1 is 1.17 bits per heavy atom. The van der Waals surface area contributed by atoms with Crippen LogP contribution in [-0.2, 0) is 25.4 Å². The molecule has 7 nitrogen and oxygen atoms in total. The van der Waals surface area contributed by atoms with Crippen LogP contribution >= 0.6 is 0 Å². The SMILES string of the molecule is COC[C@]1(NC(=O)OC(C)(C)C)CC[C@H](C(=O)N2CCc3ccccc3[C@@H]2c2ccc(F)cc2)OC1. The second-order valence-corrected chi connectivity index (χ2v) is 10.6. The van der Waals surface area contributed by atoms with E-state index in [1.807, 2.05) is 23.1 Å². The molecule has 1 fully saturated rings. The predicted octanol–water partition coefficient (Wildman–Crippen LogP) is 4.39. The van der Waals surface area contributed by atoms with Gasteiger partial charge < -0.3 is 24.4 Å². The van der Waals surface area contributed by atoms with Crippen molar-refractivity contribution in [2.45, 2.75) is 63.3 Å². The molecular weight excluding hydrogens is 463 g/mol. The maximum atomic E-state index is 13.8. The van der Waals surface area contributed by atoms with Gasteiger partial charge in [0.05, 0.1) is 24.8 Å². The van der Waals surface area contributed by atoms with Crippen molar-refractivity contribution in [2.24, 2.45) is 0 Å². The smallest absolute Gasteiger partial charge is 0.408 e. The molecule has 194 valence electrons. The molecule has 2 aliphatic heterocycles. The summed E-state index contributed by atoms with van der Waals surface area (Å²) in [4.78, 5) is 28.1. The van der Waals surface area contributed by atoms with E-state index in [1.54, 1.807) is 40.0 Å². The lowest BCUT2D eigenvalue weighted by atomic mass is 9.86. The zero-order valence-electron chi connectivity index (χ0n) is 21.4. The highest BCUT2D eigenvalue weighted by atomic mass is 19.1. The number of fused-ring (bicyclic) bond motifs is 1. The van der Waals surface area contributed by atoms with E-state index in [0.29, 0.717) is 19.4 Å². The summed E-state index contributed by atoms with van der Waals surface area (Å²) in [6, 6.07) is 14.1. The second-order valence-electron chi connectivity index (χ2n) is 10.6. The van der Waals surface area contributed by atoms with Crippen LogP contribution in [0.1, 0.15) is 56.3 Å². The number of rotatable bonds is 5. The maximum absolute atomic E-state index is 13.8. The third-order valence-corrected chi connectivity index (χ3v) is 6.66. The van der Waals surface area contributed by atoms with E-state index in [4.69, 9.17) is 14.2 Å². The Morgan fingerprint density at radius 2 is 1.89 bits per heavy atom. The van der Waals surface area contributed by atoms with Gasteiger partial charge in [0.2, 0.25) is 0 Å². The quantitative estimate of drug-likeness (QED) is 0.662. The van der Waals surface area contributed by atoms with E-state index in [-0.39, 0.29) is 31.0 Å². The Hall–Kier alpha value is -2.97. The van der Waals surface area contributed by atoms with Crippen molar-refractivity contribution < 1.29 is 28.2 Å². The number of hydrogen-bond donors (Lipinski definition) is 1. The first kappa shape index (κ1) is 26.1. The van der Waals surface area contributed by atoms with Crippen molar-refractivity contribution in [3.8, 4) is 0 Å². The topological polar surface area (TPSA) is 77.1 Å². The lowest BCUT2D eigenvalue weighted by Crippen LogP contribution is -2.60. The fourth-order valence-electron chi connectivity index (χ4n) is 5.06. The molecular formula is C28H35FN2O5. The molecule has 1 N–H and O–H groups in total. The van der Waals surface area contributed by atoms with Crippen LogP contribution in [0.4, 0.5) is 9.18 Å². The summed E-state index contributed by atoms with van der Waals surface area (Å²) in [6.07, 6.45) is 0.467. The van der Waals surface area contributed by atoms with Crippen LogP contribution in [0.25, 0.3) is 0 Å². The number of ether oxygens (including phenoxy) is 3. The summed E-state index contributed by atoms with van der Waals surface area (Å²) >= 11 is 0. The highest BCUT2D eigenvalue weighted by Crippen LogP contribution is 2.37. The predicted molar refractivity (Wildman–Crippen MR) is 133 cm³/mol. The van der Waals surface area contributed by atoms with Crippen LogP contribution in [0.15, 0.2) is 48.5 Å². The molecule has 2 heterocycles. The van der Waals surface area contributed by atoms with Gasteiger partial charge >= 0.3 is 6.09 Å². The average Bonchev–Trinajstić information content (AvgIpc) is 2.83. The number of halogens is 1. The zero-order valence-corrected chi connectivity index (χ0v) is 21.4. The van der Waals surface area contributed by atoms with Crippen molar-refractivity contribution in [2.75, 3.05) is 26.9 Å². The summed E-state index contributed by atoms with van der Waals surface area (Å²) in [7, 11) is 1.56. The monoisotopic (exact) mass is 498 g/mol. The van der Waals surface area contributed by atoms with Crippen LogP contribution in [0, 0.1) is 5.82 Å². The van der Waals surface area contributed by atoms with Gasteiger partial charge in [0.25, 0.3) is 5.91 Å². The third-order valence-electron chi connectivity index (χ3n) is 6.66. The number of nitrogens with one attached hydrogen (secondary N) is 1. The van der Waals surface area contributed by atoms with Gasteiger partial charge in [0.1, 0.15) is 17.5 Å². The molecule has 36 heavy (non-hydrogen) atoms. The summed E-state index contributed by atoms with van der Waals surface area (Å²) in [5, 5.41) is 2.91. The van der Waals surface area contributed by atoms with Crippen LogP contribution in [0.5, 0.6) is 0 Å². The summed E-state index contributed by atoms with van der Waals surface area (Å²) in [6.45, 7) is 6.31. The lowest BCUT2D eigenvalue weighted by Gasteiger charge is -2.43. The minimum Gasteiger partial charge on any atom is -0.444 e. The number of methoxy groups -OCH3 is 1. The van der Waals surface area contributed by atoms with Gasteiger partial charge in [-0.1, -0.05) is 36.4 Å². The molecule has 4 rings (SSSR count). The molecule has 0 unspecified atom stereocenters. The van der Waals surface area contributed by atoms with Crippen LogP contribution < -0.4 is 5.32 Å². The first-order valence-electron chi connectivity index (χ1n) is 12.4. The van der Waals surface area contributed by atoms with Crippen molar-refractivity contribution in [3.05, 3.63) is 71.0 Å². The Labute approximate surface area is 211 Å². The Morgan fingerprint density at radius 3 is 2.53 bits per heavy atom. The van der Waals surface area contributed by atoms with E-state index in [9.17, 15) is 14.0 Å². The number of hydrogen-bond acceptors (Lipinski definition) is 5. The van der Waals surface area contributed by atoms with E-state index >= 15 is 0 Å². The Kier molecular flexibility index (Phi) is 7.66. The van der Waals surface area contributed by atoms with E-state index < -0.39 is 23.3 Å². The summed E-state index contributed by atoms with van der Waals surface area (Å²) in [5.74, 6) is -0.426. The minimum absolute atomic E-state index is 0.109. The number of carbonyl (C=O) groups excluding carboxylic acids is 2. The van der Waals surface area contributed by atoms with Crippen molar-refractivity contribution >= 4 is 12.0 Å². The molecule has 0 spiro atoms. The largest absolute Gasteiger partial charge is 0.444 e. The number of nitrogens with zero attached hydrogens (tertiary/aromatic N) is 1. The van der Waals surface area contributed by atoms with Crippen molar-refractivity contribution in [1.82, 2.24) is 10.2 Å². The standard InChI is InChI=1S/C28H35FN2O5/c1-27(2,3)36-26(33)30-28(17-34-4)15-13-23(35-18-28)25(32)31-16-14-19-7-5-6-8-22(19)24(31)20-9-11-21(29)12-10-20/h5-12,23-24H,13-18H2,1-4H3,(H,30,33)/t23-,24+,28-/m1/s1. The fourth-order valence-corrected chi connectivity index (χ4v) is 5.06. The normalized spacial score (nSPS) is 24.1. The minimum atomic E-state index is -0.779. The summed E-state index contributed by atoms with van der Waals surface area (Å²) < 4.78 is 30.5. The van der Waals surface area contributed by atoms with Crippen LogP contribution in [0.3, 0.4) is 0 Å². The third kappa shape index (κ3) is 5.87. The molecule has 0 aromatic heterocycles. The molecule has 3 atom stereocenters. The first-order chi connectivity index (χ1) is 17.1. The Balaban J connectivity index is 1.51. The molecule has 8 heteroatoms. The van der Waals surface area contributed by atoms with Crippen molar-refractivity contribution in [3.63, 3.8) is 0 Å². The maximum Gasteiger partial charge on any atom is 0.408 e. The molecule has 2 aromatic carbocycles. The number of carbonyl (C=O) groups is 2. The van der Waals surface area contributed by atoms with Gasteiger partial charge in [-0.15, -0.1) is 0 Å². The molecule has 0 aliphatic carbocycles. The molecule has 2 aliphatic rings. The molecule has 0 bridgehead atoms. The number of alkyl carbamates (subject to hydrolysis) is 1. The second kappa shape index (κ2) is 10.6. The van der Waals surface area contributed by atoms with Crippen molar-refractivity contribution in [1.29, 1.82) is 0 Å². The van der Waals surface area contributed by atoms with Gasteiger partial charge in [-0.3, -0.25) is 4.79 Å². The van der Waals surface area contributed by atoms with E-state index in [2.05, 4.69) is 11.4 Å². The molecule has 2 amide bonds. The molecule has 0 saturated carbocycles. The molecule has 1 saturated heterocycles. The van der Waals surface area contributed by atoms with E-state index in [0.717, 1.165) is 17.5 Å². The van der Waals surface area contributed by atoms with Crippen LogP contribution in [-0.4, -0.2) is 61.0 Å². The van der Waals surface area contributed by atoms with Gasteiger partial charge in [0, 0.05) is 13.7 Å². The Bertz CT molecular complexity index is 1070. The number of amides is 2. The number of benzene rings is 2. The van der Waals surface area contributed by atoms with Gasteiger partial charge in [0.15, 0.2) is 0 Å². The molecule has 2 aromatic rings. The van der Waals surface area contributed by atoms with Crippen LogP contribution in [0.2, 0.25) is 0 Å². The van der Waals surface area contributed by atoms with Gasteiger partial charge in [-0.2, -0.15) is 0 Å². The zero-order chi connectivity index (χ0) is 25.9. The van der Waals surface area contributed by atoms with E-state index in [1.165, 1.54) is 17.7 Å². The average molecular weight is 499 g/mol. The first-order valence-corrected chi connectivity index (χ1v) is 12.4.